The first-order valence-corrected chi connectivity index (χ1v) is 4.50. The Morgan fingerprint density at radius 1 is 1.43 bits per heavy atom. The van der Waals surface area contributed by atoms with Gasteiger partial charge in [0.1, 0.15) is 5.82 Å². The number of benzene rings is 1. The number of halogens is 4. The lowest BCUT2D eigenvalue weighted by Crippen LogP contribution is -1.99. The van der Waals surface area contributed by atoms with Gasteiger partial charge < -0.3 is 0 Å². The number of alkyl halides is 2. The van der Waals surface area contributed by atoms with E-state index in [2.05, 4.69) is 15.9 Å². The second-order valence-corrected chi connectivity index (χ2v) is 3.57. The molecule has 0 saturated carbocycles. The van der Waals surface area contributed by atoms with E-state index in [0.29, 0.717) is 0 Å². The van der Waals surface area contributed by atoms with Gasteiger partial charge in [-0.3, -0.25) is 4.79 Å². The molecule has 0 unspecified atom stereocenters. The first-order chi connectivity index (χ1) is 6.43. The van der Waals surface area contributed by atoms with Gasteiger partial charge in [-0.05, 0) is 35.0 Å². The predicted molar refractivity (Wildman–Crippen MR) is 49.1 cm³/mol. The Bertz CT molecular complexity index is 377. The SMILES string of the molecule is CC(=O)c1cc(Br)c(F)c(C(F)F)c1. The fourth-order valence-electron chi connectivity index (χ4n) is 0.972. The van der Waals surface area contributed by atoms with Gasteiger partial charge in [0, 0.05) is 5.56 Å². The Hall–Kier alpha value is -0.840. The summed E-state index contributed by atoms with van der Waals surface area (Å²) in [7, 11) is 0. The van der Waals surface area contributed by atoms with Crippen molar-refractivity contribution in [3.63, 3.8) is 0 Å². The molecule has 0 fully saturated rings. The molecule has 0 saturated heterocycles. The fraction of sp³-hybridized carbons (Fsp3) is 0.222. The number of ketones is 1. The molecule has 0 radical (unpaired) electrons. The summed E-state index contributed by atoms with van der Waals surface area (Å²) in [5.74, 6) is -1.40. The predicted octanol–water partition coefficient (Wildman–Crippen LogP) is 3.73. The van der Waals surface area contributed by atoms with Crippen LogP contribution in [0.3, 0.4) is 0 Å². The molecular formula is C9H6BrF3O. The van der Waals surface area contributed by atoms with Gasteiger partial charge in [0.2, 0.25) is 0 Å². The van der Waals surface area contributed by atoms with E-state index in [9.17, 15) is 18.0 Å². The third-order valence-electron chi connectivity index (χ3n) is 1.70. The summed E-state index contributed by atoms with van der Waals surface area (Å²) in [6.45, 7) is 1.23. The monoisotopic (exact) mass is 266 g/mol. The third-order valence-corrected chi connectivity index (χ3v) is 2.28. The highest BCUT2D eigenvalue weighted by atomic mass is 79.9. The van der Waals surface area contributed by atoms with Crippen LogP contribution in [0, 0.1) is 5.82 Å². The number of carbonyl (C=O) groups is 1. The molecule has 0 atom stereocenters. The van der Waals surface area contributed by atoms with E-state index in [1.165, 1.54) is 13.0 Å². The smallest absolute Gasteiger partial charge is 0.266 e. The van der Waals surface area contributed by atoms with Crippen molar-refractivity contribution in [2.75, 3.05) is 0 Å². The van der Waals surface area contributed by atoms with E-state index < -0.39 is 17.8 Å². The number of carbonyl (C=O) groups excluding carboxylic acids is 1. The van der Waals surface area contributed by atoms with Crippen LogP contribution in [0.25, 0.3) is 0 Å². The average molecular weight is 267 g/mol. The minimum Gasteiger partial charge on any atom is -0.295 e. The van der Waals surface area contributed by atoms with Crippen molar-refractivity contribution in [3.8, 4) is 0 Å². The summed E-state index contributed by atoms with van der Waals surface area (Å²) in [5.41, 5.74) is -0.696. The average Bonchev–Trinajstić information content (AvgIpc) is 2.08. The molecule has 5 heteroatoms. The minimum atomic E-state index is -2.93. The molecule has 1 rings (SSSR count). The van der Waals surface area contributed by atoms with Gasteiger partial charge >= 0.3 is 0 Å². The fourth-order valence-corrected chi connectivity index (χ4v) is 1.45. The first kappa shape index (κ1) is 11.2. The van der Waals surface area contributed by atoms with Crippen LogP contribution < -0.4 is 0 Å². The van der Waals surface area contributed by atoms with E-state index in [1.54, 1.807) is 0 Å². The molecule has 76 valence electrons. The molecule has 0 heterocycles. The Labute approximate surface area is 87.1 Å². The van der Waals surface area contributed by atoms with Crippen molar-refractivity contribution in [3.05, 3.63) is 33.5 Å². The van der Waals surface area contributed by atoms with Gasteiger partial charge in [-0.1, -0.05) is 0 Å². The molecule has 0 bridgehead atoms. The van der Waals surface area contributed by atoms with Crippen molar-refractivity contribution >= 4 is 21.7 Å². The Morgan fingerprint density at radius 3 is 2.43 bits per heavy atom. The molecule has 0 aromatic heterocycles. The van der Waals surface area contributed by atoms with Crippen LogP contribution in [0.1, 0.15) is 29.3 Å². The Kier molecular flexibility index (Phi) is 3.31. The molecule has 0 aliphatic heterocycles. The first-order valence-electron chi connectivity index (χ1n) is 3.71. The van der Waals surface area contributed by atoms with Crippen LogP contribution in [0.4, 0.5) is 13.2 Å². The number of hydrogen-bond donors (Lipinski definition) is 0. The lowest BCUT2D eigenvalue weighted by Gasteiger charge is -2.05. The van der Waals surface area contributed by atoms with Crippen LogP contribution in [0.5, 0.6) is 0 Å². The summed E-state index contributed by atoms with van der Waals surface area (Å²) in [5, 5.41) is 0. The summed E-state index contributed by atoms with van der Waals surface area (Å²) >= 11 is 2.77. The molecule has 0 aliphatic rings. The summed E-state index contributed by atoms with van der Waals surface area (Å²) in [6.07, 6.45) is -2.93. The normalized spacial score (nSPS) is 10.7. The maximum Gasteiger partial charge on any atom is 0.266 e. The maximum atomic E-state index is 13.1. The van der Waals surface area contributed by atoms with Gasteiger partial charge in [0.25, 0.3) is 6.43 Å². The Morgan fingerprint density at radius 2 is 2.00 bits per heavy atom. The molecule has 0 N–H and O–H groups in total. The third kappa shape index (κ3) is 2.15. The molecule has 14 heavy (non-hydrogen) atoms. The molecule has 1 nitrogen and oxygen atoms in total. The van der Waals surface area contributed by atoms with Crippen molar-refractivity contribution in [2.45, 2.75) is 13.3 Å². The van der Waals surface area contributed by atoms with Crippen LogP contribution in [0.15, 0.2) is 16.6 Å². The second kappa shape index (κ2) is 4.13. The number of rotatable bonds is 2. The van der Waals surface area contributed by atoms with Gasteiger partial charge in [-0.2, -0.15) is 0 Å². The van der Waals surface area contributed by atoms with Gasteiger partial charge in [-0.15, -0.1) is 0 Å². The van der Waals surface area contributed by atoms with Crippen molar-refractivity contribution < 1.29 is 18.0 Å². The van der Waals surface area contributed by atoms with Crippen molar-refractivity contribution in [1.82, 2.24) is 0 Å². The highest BCUT2D eigenvalue weighted by Gasteiger charge is 2.18. The van der Waals surface area contributed by atoms with Gasteiger partial charge in [0.15, 0.2) is 5.78 Å². The topological polar surface area (TPSA) is 17.1 Å². The molecular weight excluding hydrogens is 261 g/mol. The van der Waals surface area contributed by atoms with E-state index in [-0.39, 0.29) is 15.8 Å². The standard InChI is InChI=1S/C9H6BrF3O/c1-4(14)5-2-6(9(12)13)8(11)7(10)3-5/h2-3,9H,1H3. The molecule has 0 spiro atoms. The van der Waals surface area contributed by atoms with Crippen molar-refractivity contribution in [2.24, 2.45) is 0 Å². The van der Waals surface area contributed by atoms with Crippen LogP contribution in [-0.4, -0.2) is 5.78 Å². The zero-order chi connectivity index (χ0) is 10.9. The Balaban J connectivity index is 3.35. The maximum absolute atomic E-state index is 13.1. The number of hydrogen-bond acceptors (Lipinski definition) is 1. The lowest BCUT2D eigenvalue weighted by atomic mass is 10.1. The van der Waals surface area contributed by atoms with E-state index in [1.807, 2.05) is 0 Å². The molecule has 1 aromatic carbocycles. The van der Waals surface area contributed by atoms with Crippen LogP contribution >= 0.6 is 15.9 Å². The highest BCUT2D eigenvalue weighted by Crippen LogP contribution is 2.28. The van der Waals surface area contributed by atoms with E-state index in [4.69, 9.17) is 0 Å². The molecule has 0 amide bonds. The minimum absolute atomic E-state index is 0.0635. The van der Waals surface area contributed by atoms with Crippen molar-refractivity contribution in [1.29, 1.82) is 0 Å². The van der Waals surface area contributed by atoms with Crippen LogP contribution in [0.2, 0.25) is 0 Å². The van der Waals surface area contributed by atoms with Gasteiger partial charge in [0.05, 0.1) is 10.0 Å². The van der Waals surface area contributed by atoms with E-state index in [0.717, 1.165) is 6.07 Å². The van der Waals surface area contributed by atoms with Gasteiger partial charge in [-0.25, -0.2) is 13.2 Å². The summed E-state index contributed by atoms with van der Waals surface area (Å²) < 4.78 is 37.5. The van der Waals surface area contributed by atoms with Crippen LogP contribution in [-0.2, 0) is 0 Å². The molecule has 1 aromatic rings. The summed E-state index contributed by atoms with van der Waals surface area (Å²) in [6, 6.07) is 2.05. The highest BCUT2D eigenvalue weighted by molar-refractivity contribution is 9.10. The zero-order valence-electron chi connectivity index (χ0n) is 7.15. The quantitative estimate of drug-likeness (QED) is 0.746. The number of Topliss-reactive ketones (excluding diaryl/α,β-unsaturated/α-hetero) is 1. The molecule has 0 aliphatic carbocycles. The zero-order valence-corrected chi connectivity index (χ0v) is 8.74. The summed E-state index contributed by atoms with van der Waals surface area (Å²) in [4.78, 5) is 10.9. The second-order valence-electron chi connectivity index (χ2n) is 2.72. The van der Waals surface area contributed by atoms with E-state index >= 15 is 0 Å². The lowest BCUT2D eigenvalue weighted by molar-refractivity contribution is 0.101. The largest absolute Gasteiger partial charge is 0.295 e.